The molecule has 0 saturated heterocycles. The molecule has 0 unspecified atom stereocenters. The summed E-state index contributed by atoms with van der Waals surface area (Å²) in [5, 5.41) is 0. The van der Waals surface area contributed by atoms with Gasteiger partial charge in [0.15, 0.2) is 6.33 Å². The lowest BCUT2D eigenvalue weighted by atomic mass is 10.1. The lowest BCUT2D eigenvalue weighted by Gasteiger charge is -2.02. The van der Waals surface area contributed by atoms with Gasteiger partial charge in [0.2, 0.25) is 0 Å². The van der Waals surface area contributed by atoms with Gasteiger partial charge in [-0.25, -0.2) is 9.97 Å². The van der Waals surface area contributed by atoms with E-state index in [9.17, 15) is 4.79 Å². The number of aromatic nitrogens is 3. The molecule has 0 aromatic carbocycles. The zero-order chi connectivity index (χ0) is 10.7. The number of hydrogen-bond donors (Lipinski definition) is 1. The number of primary amides is 1. The third-order valence-corrected chi connectivity index (χ3v) is 1.84. The molecular weight excluding hydrogens is 192 g/mol. The van der Waals surface area contributed by atoms with Crippen LogP contribution in [0.4, 0.5) is 0 Å². The lowest BCUT2D eigenvalue weighted by molar-refractivity contribution is 0.1000. The van der Waals surface area contributed by atoms with Crippen LogP contribution in [0.1, 0.15) is 10.4 Å². The summed E-state index contributed by atoms with van der Waals surface area (Å²) < 4.78 is 0. The summed E-state index contributed by atoms with van der Waals surface area (Å²) in [6, 6.07) is 5.32. The van der Waals surface area contributed by atoms with Crippen LogP contribution in [-0.4, -0.2) is 20.9 Å². The number of pyridine rings is 1. The van der Waals surface area contributed by atoms with Gasteiger partial charge in [-0.3, -0.25) is 9.78 Å². The van der Waals surface area contributed by atoms with Crippen LogP contribution < -0.4 is 5.73 Å². The van der Waals surface area contributed by atoms with E-state index in [0.29, 0.717) is 11.4 Å². The molecule has 2 N–H and O–H groups in total. The van der Waals surface area contributed by atoms with Crippen molar-refractivity contribution in [2.24, 2.45) is 5.73 Å². The molecular formula is C10H7N4O. The minimum Gasteiger partial charge on any atom is -0.365 e. The molecule has 5 nitrogen and oxygen atoms in total. The molecule has 2 aromatic heterocycles. The van der Waals surface area contributed by atoms with Crippen molar-refractivity contribution in [3.63, 3.8) is 0 Å². The van der Waals surface area contributed by atoms with Gasteiger partial charge >= 0.3 is 0 Å². The molecule has 0 spiro atoms. The largest absolute Gasteiger partial charge is 0.365 e. The van der Waals surface area contributed by atoms with Gasteiger partial charge in [0.25, 0.3) is 5.91 Å². The molecule has 15 heavy (non-hydrogen) atoms. The Hall–Kier alpha value is -2.30. The number of carbonyl (C=O) groups is 1. The Kier molecular flexibility index (Phi) is 2.37. The van der Waals surface area contributed by atoms with Crippen LogP contribution >= 0.6 is 0 Å². The molecule has 2 aromatic rings. The average molecular weight is 199 g/mol. The maximum Gasteiger partial charge on any atom is 0.252 e. The Morgan fingerprint density at radius 1 is 1.40 bits per heavy atom. The van der Waals surface area contributed by atoms with Crippen molar-refractivity contribution < 1.29 is 4.79 Å². The van der Waals surface area contributed by atoms with Crippen LogP contribution in [0.2, 0.25) is 0 Å². The summed E-state index contributed by atoms with van der Waals surface area (Å²) in [4.78, 5) is 22.7. The number of carbonyl (C=O) groups excluding carboxylic acids is 1. The zero-order valence-electron chi connectivity index (χ0n) is 7.71. The van der Waals surface area contributed by atoms with Crippen LogP contribution in [0, 0.1) is 6.33 Å². The SMILES string of the molecule is NC(=O)c1cn[c]nc1-c1ccccn1. The highest BCUT2D eigenvalue weighted by molar-refractivity contribution is 5.97. The van der Waals surface area contributed by atoms with E-state index in [1.54, 1.807) is 24.4 Å². The van der Waals surface area contributed by atoms with Gasteiger partial charge in [0.05, 0.1) is 11.3 Å². The number of hydrogen-bond acceptors (Lipinski definition) is 4. The number of nitrogens with two attached hydrogens (primary N) is 1. The van der Waals surface area contributed by atoms with E-state index < -0.39 is 5.91 Å². The third kappa shape index (κ3) is 1.80. The van der Waals surface area contributed by atoms with Crippen LogP contribution in [0.25, 0.3) is 11.4 Å². The molecule has 0 aliphatic carbocycles. The summed E-state index contributed by atoms with van der Waals surface area (Å²) in [6.07, 6.45) is 5.35. The van der Waals surface area contributed by atoms with Crippen molar-refractivity contribution >= 4 is 5.91 Å². The Morgan fingerprint density at radius 3 is 2.93 bits per heavy atom. The van der Waals surface area contributed by atoms with Crippen molar-refractivity contribution in [2.75, 3.05) is 0 Å². The molecule has 5 heteroatoms. The van der Waals surface area contributed by atoms with Crippen molar-refractivity contribution in [1.29, 1.82) is 0 Å². The van der Waals surface area contributed by atoms with Crippen molar-refractivity contribution in [1.82, 2.24) is 15.0 Å². The topological polar surface area (TPSA) is 81.8 Å². The molecule has 0 aliphatic heterocycles. The highest BCUT2D eigenvalue weighted by atomic mass is 16.1. The number of rotatable bonds is 2. The zero-order valence-corrected chi connectivity index (χ0v) is 7.71. The fourth-order valence-corrected chi connectivity index (χ4v) is 1.17. The molecule has 0 saturated carbocycles. The average Bonchev–Trinajstić information content (AvgIpc) is 2.30. The molecule has 1 radical (unpaired) electrons. The molecule has 1 amide bonds. The first kappa shape index (κ1) is 9.26. The van der Waals surface area contributed by atoms with Gasteiger partial charge in [-0.2, -0.15) is 0 Å². The standard InChI is InChI=1S/C10H7N4O/c11-10(15)7-5-12-6-14-9(7)8-3-1-2-4-13-8/h1-5H,(H2,11,15). The van der Waals surface area contributed by atoms with Gasteiger partial charge in [-0.05, 0) is 12.1 Å². The van der Waals surface area contributed by atoms with Gasteiger partial charge in [0.1, 0.15) is 5.69 Å². The van der Waals surface area contributed by atoms with Crippen molar-refractivity contribution in [3.8, 4) is 11.4 Å². The van der Waals surface area contributed by atoms with Crippen LogP contribution in [-0.2, 0) is 0 Å². The van der Waals surface area contributed by atoms with Gasteiger partial charge in [0, 0.05) is 12.4 Å². The van der Waals surface area contributed by atoms with Gasteiger partial charge in [-0.15, -0.1) is 0 Å². The first-order valence-corrected chi connectivity index (χ1v) is 4.23. The van der Waals surface area contributed by atoms with Crippen molar-refractivity contribution in [3.05, 3.63) is 42.5 Å². The number of amides is 1. The Morgan fingerprint density at radius 2 is 2.27 bits per heavy atom. The predicted octanol–water partition coefficient (Wildman–Crippen LogP) is 0.438. The first-order chi connectivity index (χ1) is 7.29. The first-order valence-electron chi connectivity index (χ1n) is 4.23. The second-order valence-corrected chi connectivity index (χ2v) is 2.81. The molecule has 73 valence electrons. The normalized spacial score (nSPS) is 9.87. The maximum absolute atomic E-state index is 11.1. The fraction of sp³-hybridized carbons (Fsp3) is 0. The summed E-state index contributed by atoms with van der Waals surface area (Å²) in [5.74, 6) is -0.579. The summed E-state index contributed by atoms with van der Waals surface area (Å²) in [5.41, 5.74) is 6.41. The lowest BCUT2D eigenvalue weighted by Crippen LogP contribution is -2.14. The highest BCUT2D eigenvalue weighted by Gasteiger charge is 2.11. The van der Waals surface area contributed by atoms with Crippen LogP contribution in [0.5, 0.6) is 0 Å². The molecule has 0 atom stereocenters. The quantitative estimate of drug-likeness (QED) is 0.760. The summed E-state index contributed by atoms with van der Waals surface area (Å²) >= 11 is 0. The van der Waals surface area contributed by atoms with Crippen molar-refractivity contribution in [2.45, 2.75) is 0 Å². The van der Waals surface area contributed by atoms with Gasteiger partial charge in [-0.1, -0.05) is 6.07 Å². The molecule has 2 heterocycles. The minimum atomic E-state index is -0.579. The summed E-state index contributed by atoms with van der Waals surface area (Å²) in [7, 11) is 0. The second kappa shape index (κ2) is 3.83. The van der Waals surface area contributed by atoms with Crippen LogP contribution in [0.15, 0.2) is 30.6 Å². The van der Waals surface area contributed by atoms with E-state index in [2.05, 4.69) is 21.3 Å². The van der Waals surface area contributed by atoms with E-state index in [1.165, 1.54) is 6.20 Å². The molecule has 0 fully saturated rings. The van der Waals surface area contributed by atoms with E-state index in [-0.39, 0.29) is 5.56 Å². The van der Waals surface area contributed by atoms with Crippen LogP contribution in [0.3, 0.4) is 0 Å². The van der Waals surface area contributed by atoms with E-state index in [1.807, 2.05) is 0 Å². The fourth-order valence-electron chi connectivity index (χ4n) is 1.17. The monoisotopic (exact) mass is 199 g/mol. The minimum absolute atomic E-state index is 0.243. The molecule has 0 aliphatic rings. The summed E-state index contributed by atoms with van der Waals surface area (Å²) in [6.45, 7) is 0. The molecule has 2 rings (SSSR count). The Bertz CT molecular complexity index is 484. The predicted molar refractivity (Wildman–Crippen MR) is 52.6 cm³/mol. The Labute approximate surface area is 86.0 Å². The van der Waals surface area contributed by atoms with E-state index in [4.69, 9.17) is 5.73 Å². The van der Waals surface area contributed by atoms with Gasteiger partial charge < -0.3 is 5.73 Å². The second-order valence-electron chi connectivity index (χ2n) is 2.81. The maximum atomic E-state index is 11.1. The smallest absolute Gasteiger partial charge is 0.252 e. The Balaban J connectivity index is 2.58. The third-order valence-electron chi connectivity index (χ3n) is 1.84. The van der Waals surface area contributed by atoms with E-state index >= 15 is 0 Å². The van der Waals surface area contributed by atoms with E-state index in [0.717, 1.165) is 0 Å². The number of nitrogens with zero attached hydrogens (tertiary/aromatic N) is 3. The molecule has 0 bridgehead atoms. The highest BCUT2D eigenvalue weighted by Crippen LogP contribution is 2.16.